The lowest BCUT2D eigenvalue weighted by atomic mass is 9.80. The summed E-state index contributed by atoms with van der Waals surface area (Å²) in [6.45, 7) is 10.5. The summed E-state index contributed by atoms with van der Waals surface area (Å²) in [6, 6.07) is 15.2. The molecule has 2 aliphatic heterocycles. The summed E-state index contributed by atoms with van der Waals surface area (Å²) in [7, 11) is 2.20. The van der Waals surface area contributed by atoms with Gasteiger partial charge in [0.25, 0.3) is 0 Å². The van der Waals surface area contributed by atoms with Crippen molar-refractivity contribution in [1.29, 1.82) is 0 Å². The van der Waals surface area contributed by atoms with Crippen LogP contribution in [0, 0.1) is 0 Å². The van der Waals surface area contributed by atoms with Gasteiger partial charge >= 0.3 is 0 Å². The lowest BCUT2D eigenvalue weighted by molar-refractivity contribution is 0.122. The number of morpholine rings is 1. The van der Waals surface area contributed by atoms with Crippen LogP contribution in [0.2, 0.25) is 0 Å². The maximum atomic E-state index is 5.43. The van der Waals surface area contributed by atoms with Crippen LogP contribution in [0.4, 0.5) is 17.1 Å². The van der Waals surface area contributed by atoms with Gasteiger partial charge in [-0.15, -0.1) is 0 Å². The molecular weight excluding hydrogens is 346 g/mol. The van der Waals surface area contributed by atoms with Gasteiger partial charge < -0.3 is 14.5 Å². The van der Waals surface area contributed by atoms with E-state index in [0.29, 0.717) is 5.92 Å². The molecule has 28 heavy (non-hydrogen) atoms. The fourth-order valence-electron chi connectivity index (χ4n) is 4.40. The Morgan fingerprint density at radius 3 is 2.50 bits per heavy atom. The summed E-state index contributed by atoms with van der Waals surface area (Å²) >= 11 is 0. The van der Waals surface area contributed by atoms with E-state index >= 15 is 0 Å². The molecule has 1 atom stereocenters. The van der Waals surface area contributed by atoms with E-state index in [9.17, 15) is 0 Å². The molecule has 0 N–H and O–H groups in total. The Labute approximate surface area is 168 Å². The van der Waals surface area contributed by atoms with Crippen LogP contribution < -0.4 is 9.80 Å². The van der Waals surface area contributed by atoms with Gasteiger partial charge in [-0.2, -0.15) is 0 Å². The Balaban J connectivity index is 1.50. The summed E-state index contributed by atoms with van der Waals surface area (Å²) in [4.78, 5) is 9.47. The van der Waals surface area contributed by atoms with Crippen molar-refractivity contribution in [2.24, 2.45) is 4.99 Å². The van der Waals surface area contributed by atoms with Crippen molar-refractivity contribution in [3.63, 3.8) is 0 Å². The first-order valence-corrected chi connectivity index (χ1v) is 10.3. The highest BCUT2D eigenvalue weighted by Gasteiger charge is 2.33. The summed E-state index contributed by atoms with van der Waals surface area (Å²) in [5.41, 5.74) is 6.36. The van der Waals surface area contributed by atoms with Gasteiger partial charge in [-0.25, -0.2) is 0 Å². The van der Waals surface area contributed by atoms with Crippen LogP contribution in [0.1, 0.15) is 44.2 Å². The minimum absolute atomic E-state index is 0.199. The average Bonchev–Trinajstić information content (AvgIpc) is 2.71. The zero-order valence-corrected chi connectivity index (χ0v) is 17.5. The van der Waals surface area contributed by atoms with Gasteiger partial charge in [0.05, 0.1) is 18.9 Å². The van der Waals surface area contributed by atoms with Crippen molar-refractivity contribution < 1.29 is 4.74 Å². The summed E-state index contributed by atoms with van der Waals surface area (Å²) in [5.74, 6) is 0.558. The molecule has 0 bridgehead atoms. The molecular formula is C24H31N3O. The van der Waals surface area contributed by atoms with E-state index in [1.54, 1.807) is 0 Å². The first kappa shape index (κ1) is 19.0. The van der Waals surface area contributed by atoms with Gasteiger partial charge in [0.15, 0.2) is 0 Å². The minimum atomic E-state index is 0.199. The smallest absolute Gasteiger partial charge is 0.0642 e. The maximum Gasteiger partial charge on any atom is 0.0642 e. The largest absolute Gasteiger partial charge is 0.378 e. The average molecular weight is 378 g/mol. The number of hydrogen-bond acceptors (Lipinski definition) is 4. The van der Waals surface area contributed by atoms with Crippen molar-refractivity contribution in [2.75, 3.05) is 43.2 Å². The number of aliphatic imine (C=N–C) groups is 1. The highest BCUT2D eigenvalue weighted by atomic mass is 16.5. The molecule has 0 amide bonds. The topological polar surface area (TPSA) is 28.1 Å². The second-order valence-corrected chi connectivity index (χ2v) is 8.67. The Morgan fingerprint density at radius 2 is 1.79 bits per heavy atom. The lowest BCUT2D eigenvalue weighted by Crippen LogP contribution is -2.45. The molecule has 4 heteroatoms. The van der Waals surface area contributed by atoms with Crippen molar-refractivity contribution in [3.8, 4) is 0 Å². The van der Waals surface area contributed by atoms with E-state index in [4.69, 9.17) is 9.73 Å². The van der Waals surface area contributed by atoms with E-state index in [1.165, 1.54) is 23.4 Å². The normalized spacial score (nSPS) is 21.8. The Kier molecular flexibility index (Phi) is 5.15. The third-order valence-electron chi connectivity index (χ3n) is 6.25. The molecule has 2 aliphatic rings. The molecule has 4 rings (SSSR count). The number of rotatable bonds is 3. The Morgan fingerprint density at radius 1 is 1.07 bits per heavy atom. The lowest BCUT2D eigenvalue weighted by Gasteiger charge is -2.45. The molecule has 0 aromatic heterocycles. The van der Waals surface area contributed by atoms with Crippen LogP contribution in [-0.4, -0.2) is 45.1 Å². The van der Waals surface area contributed by atoms with Crippen LogP contribution in [0.5, 0.6) is 0 Å². The van der Waals surface area contributed by atoms with Crippen molar-refractivity contribution >= 4 is 23.3 Å². The van der Waals surface area contributed by atoms with Crippen LogP contribution >= 0.6 is 0 Å². The zero-order chi connectivity index (χ0) is 19.7. The van der Waals surface area contributed by atoms with Gasteiger partial charge in [-0.1, -0.05) is 13.0 Å². The van der Waals surface area contributed by atoms with Gasteiger partial charge in [0.1, 0.15) is 0 Å². The van der Waals surface area contributed by atoms with Crippen LogP contribution in [0.15, 0.2) is 47.5 Å². The zero-order valence-electron chi connectivity index (χ0n) is 17.5. The molecule has 0 radical (unpaired) electrons. The van der Waals surface area contributed by atoms with E-state index in [2.05, 4.69) is 80.1 Å². The predicted octanol–water partition coefficient (Wildman–Crippen LogP) is 5.00. The summed E-state index contributed by atoms with van der Waals surface area (Å²) in [6.07, 6.45) is 3.15. The Bertz CT molecular complexity index is 851. The molecule has 0 spiro atoms. The molecule has 0 aliphatic carbocycles. The van der Waals surface area contributed by atoms with Gasteiger partial charge in [0, 0.05) is 43.3 Å². The highest BCUT2D eigenvalue weighted by molar-refractivity contribution is 5.84. The molecule has 1 saturated heterocycles. The first-order chi connectivity index (χ1) is 13.4. The molecule has 1 fully saturated rings. The number of hydrogen-bond donors (Lipinski definition) is 0. The second-order valence-electron chi connectivity index (χ2n) is 8.67. The minimum Gasteiger partial charge on any atom is -0.378 e. The number of benzene rings is 2. The number of ether oxygens (including phenoxy) is 1. The molecule has 2 aromatic rings. The fourth-order valence-corrected chi connectivity index (χ4v) is 4.40. The predicted molar refractivity (Wildman–Crippen MR) is 119 cm³/mol. The van der Waals surface area contributed by atoms with Gasteiger partial charge in [0.2, 0.25) is 0 Å². The highest BCUT2D eigenvalue weighted by Crippen LogP contribution is 2.42. The fraction of sp³-hybridized carbons (Fsp3) is 0.458. The van der Waals surface area contributed by atoms with Gasteiger partial charge in [-0.05, 0) is 73.7 Å². The number of nitrogens with zero attached hydrogens (tertiary/aromatic N) is 3. The molecule has 0 saturated carbocycles. The number of anilines is 2. The Hall–Kier alpha value is -2.33. The van der Waals surface area contributed by atoms with Gasteiger partial charge in [-0.3, -0.25) is 4.99 Å². The maximum absolute atomic E-state index is 5.43. The standard InChI is InChI=1S/C24H31N3O/c1-18-16-24(2,3)26(4)23-10-5-19(15-22(18)23)17-25-20-6-8-21(9-7-20)27-11-13-28-14-12-27/h5-10,15,17-18H,11-14,16H2,1-4H3/t18-/m1/s1. The second kappa shape index (κ2) is 7.59. The summed E-state index contributed by atoms with van der Waals surface area (Å²) in [5, 5.41) is 0. The van der Waals surface area contributed by atoms with Crippen LogP contribution in [0.3, 0.4) is 0 Å². The molecule has 4 nitrogen and oxygen atoms in total. The van der Waals surface area contributed by atoms with Crippen molar-refractivity contribution in [3.05, 3.63) is 53.6 Å². The van der Waals surface area contributed by atoms with E-state index < -0.39 is 0 Å². The van der Waals surface area contributed by atoms with E-state index in [-0.39, 0.29) is 5.54 Å². The third-order valence-corrected chi connectivity index (χ3v) is 6.25. The van der Waals surface area contributed by atoms with E-state index in [1.807, 2.05) is 6.21 Å². The number of fused-ring (bicyclic) bond motifs is 1. The van der Waals surface area contributed by atoms with Crippen LogP contribution in [0.25, 0.3) is 0 Å². The quantitative estimate of drug-likeness (QED) is 0.705. The molecule has 0 unspecified atom stereocenters. The SMILES string of the molecule is C[C@@H]1CC(C)(C)N(C)c2ccc(C=Nc3ccc(N4CCOCC4)cc3)cc21. The van der Waals surface area contributed by atoms with Crippen LogP contribution in [-0.2, 0) is 4.74 Å². The third kappa shape index (κ3) is 3.79. The first-order valence-electron chi connectivity index (χ1n) is 10.3. The van der Waals surface area contributed by atoms with E-state index in [0.717, 1.165) is 37.6 Å². The molecule has 2 aromatic carbocycles. The summed E-state index contributed by atoms with van der Waals surface area (Å²) < 4.78 is 5.43. The monoisotopic (exact) mass is 377 g/mol. The van der Waals surface area contributed by atoms with Crippen molar-refractivity contribution in [1.82, 2.24) is 0 Å². The molecule has 148 valence electrons. The molecule has 2 heterocycles. The van der Waals surface area contributed by atoms with Crippen molar-refractivity contribution in [2.45, 2.75) is 38.6 Å².